The number of carboxylic acids is 1. The normalized spacial score (nSPS) is 17.4. The zero-order valence-corrected chi connectivity index (χ0v) is 21.5. The summed E-state index contributed by atoms with van der Waals surface area (Å²) in [6.45, 7) is 2.93. The maximum atomic E-state index is 12.3. The minimum Gasteiger partial charge on any atom is -0.504 e. The molecular weight excluding hydrogens is 488 g/mol. The van der Waals surface area contributed by atoms with Crippen molar-refractivity contribution in [3.8, 4) is 5.75 Å². The highest BCUT2D eigenvalue weighted by molar-refractivity contribution is 7.99. The van der Waals surface area contributed by atoms with Crippen molar-refractivity contribution < 1.29 is 19.8 Å². The largest absolute Gasteiger partial charge is 0.504 e. The average Bonchev–Trinajstić information content (AvgIpc) is 3.34. The van der Waals surface area contributed by atoms with Crippen LogP contribution in [0, 0.1) is 12.8 Å². The summed E-state index contributed by atoms with van der Waals surface area (Å²) in [6, 6.07) is 17.6. The number of aromatic nitrogens is 2. The van der Waals surface area contributed by atoms with E-state index < -0.39 is 18.4 Å². The molecule has 3 N–H and O–H groups in total. The van der Waals surface area contributed by atoms with Crippen molar-refractivity contribution in [1.82, 2.24) is 15.3 Å². The van der Waals surface area contributed by atoms with Gasteiger partial charge in [0.15, 0.2) is 11.4 Å². The van der Waals surface area contributed by atoms with Gasteiger partial charge in [-0.15, -0.1) is 11.8 Å². The molecule has 2 aromatic carbocycles. The fourth-order valence-corrected chi connectivity index (χ4v) is 6.36. The molecule has 0 spiro atoms. The van der Waals surface area contributed by atoms with Crippen LogP contribution in [-0.4, -0.2) is 51.7 Å². The highest BCUT2D eigenvalue weighted by Gasteiger charge is 2.25. The first kappa shape index (κ1) is 25.1. The third-order valence-electron chi connectivity index (χ3n) is 7.08. The number of aromatic hydroxyl groups is 1. The number of amides is 1. The van der Waals surface area contributed by atoms with Gasteiger partial charge in [-0.3, -0.25) is 9.59 Å². The molecule has 1 amide bonds. The molecule has 0 bridgehead atoms. The zero-order valence-electron chi connectivity index (χ0n) is 20.7. The fraction of sp³-hybridized carbons (Fsp3) is 0.357. The number of hydrogen-bond acceptors (Lipinski definition) is 7. The lowest BCUT2D eigenvalue weighted by Gasteiger charge is -2.33. The maximum Gasteiger partial charge on any atom is 0.322 e. The topological polar surface area (TPSA) is 116 Å². The lowest BCUT2D eigenvalue weighted by Crippen LogP contribution is -2.34. The molecule has 192 valence electrons. The Morgan fingerprint density at radius 2 is 1.81 bits per heavy atom. The predicted molar refractivity (Wildman–Crippen MR) is 142 cm³/mol. The van der Waals surface area contributed by atoms with Crippen molar-refractivity contribution in [2.24, 2.45) is 5.92 Å². The summed E-state index contributed by atoms with van der Waals surface area (Å²) in [4.78, 5) is 35.5. The Balaban J connectivity index is 1.17. The van der Waals surface area contributed by atoms with Crippen molar-refractivity contribution in [3.63, 3.8) is 0 Å². The Morgan fingerprint density at radius 3 is 2.51 bits per heavy atom. The molecule has 2 aliphatic rings. The smallest absolute Gasteiger partial charge is 0.322 e. The van der Waals surface area contributed by atoms with E-state index in [-0.39, 0.29) is 11.4 Å². The van der Waals surface area contributed by atoms with Crippen LogP contribution in [0.25, 0.3) is 0 Å². The number of anilines is 1. The van der Waals surface area contributed by atoms with Crippen LogP contribution in [0.4, 0.5) is 5.69 Å². The summed E-state index contributed by atoms with van der Waals surface area (Å²) in [5, 5.41) is 21.7. The monoisotopic (exact) mass is 518 g/mol. The Labute approximate surface area is 220 Å². The van der Waals surface area contributed by atoms with E-state index in [1.807, 2.05) is 11.8 Å². The molecule has 1 atom stereocenters. The second kappa shape index (κ2) is 10.8. The highest BCUT2D eigenvalue weighted by atomic mass is 32.2. The van der Waals surface area contributed by atoms with Crippen LogP contribution in [0.15, 0.2) is 53.4 Å². The molecule has 2 aliphatic heterocycles. The van der Waals surface area contributed by atoms with E-state index in [1.54, 1.807) is 6.92 Å². The Kier molecular flexibility index (Phi) is 7.32. The van der Waals surface area contributed by atoms with E-state index in [1.165, 1.54) is 21.7 Å². The van der Waals surface area contributed by atoms with Gasteiger partial charge in [0.25, 0.3) is 5.91 Å². The molecule has 1 unspecified atom stereocenters. The number of nitrogens with one attached hydrogen (secondary N) is 1. The lowest BCUT2D eigenvalue weighted by molar-refractivity contribution is -0.135. The van der Waals surface area contributed by atoms with E-state index in [0.29, 0.717) is 29.1 Å². The first-order chi connectivity index (χ1) is 17.9. The minimum absolute atomic E-state index is 0.176. The molecule has 8 nitrogen and oxygen atoms in total. The quantitative estimate of drug-likeness (QED) is 0.427. The number of aliphatic carboxylic acids is 1. The van der Waals surface area contributed by atoms with Crippen molar-refractivity contribution in [1.29, 1.82) is 0 Å². The number of aryl methyl sites for hydroxylation is 1. The van der Waals surface area contributed by atoms with Gasteiger partial charge in [0, 0.05) is 35.3 Å². The van der Waals surface area contributed by atoms with Crippen molar-refractivity contribution in [2.75, 3.05) is 24.5 Å². The lowest BCUT2D eigenvalue weighted by atomic mass is 9.92. The predicted octanol–water partition coefficient (Wildman–Crippen LogP) is 4.15. The molecule has 3 heterocycles. The first-order valence-corrected chi connectivity index (χ1v) is 13.4. The number of rotatable bonds is 7. The van der Waals surface area contributed by atoms with Gasteiger partial charge < -0.3 is 20.4 Å². The second-order valence-corrected chi connectivity index (χ2v) is 10.9. The van der Waals surface area contributed by atoms with Crippen LogP contribution < -0.4 is 10.2 Å². The summed E-state index contributed by atoms with van der Waals surface area (Å²) in [5.41, 5.74) is 4.17. The van der Waals surface area contributed by atoms with E-state index in [0.717, 1.165) is 32.4 Å². The van der Waals surface area contributed by atoms with E-state index in [9.17, 15) is 14.7 Å². The van der Waals surface area contributed by atoms with Crippen LogP contribution in [0.1, 0.15) is 51.2 Å². The molecule has 0 radical (unpaired) electrons. The Bertz CT molecular complexity index is 1280. The van der Waals surface area contributed by atoms with Gasteiger partial charge in [-0.2, -0.15) is 0 Å². The zero-order chi connectivity index (χ0) is 25.9. The molecule has 9 heteroatoms. The SMILES string of the molecule is Cc1nc(CC2CCN(c3ccc(C4Cc5ccccc5S4)cc3)CC2)nc(C(=O)NCC(=O)O)c1O. The van der Waals surface area contributed by atoms with Gasteiger partial charge in [-0.25, -0.2) is 9.97 Å². The highest BCUT2D eigenvalue weighted by Crippen LogP contribution is 2.46. The molecule has 0 aliphatic carbocycles. The first-order valence-electron chi connectivity index (χ1n) is 12.5. The molecule has 1 aromatic heterocycles. The van der Waals surface area contributed by atoms with Gasteiger partial charge in [0.05, 0.1) is 5.69 Å². The molecule has 1 saturated heterocycles. The number of fused-ring (bicyclic) bond motifs is 1. The Hall–Kier alpha value is -3.59. The summed E-state index contributed by atoms with van der Waals surface area (Å²) in [6.07, 6.45) is 3.62. The van der Waals surface area contributed by atoms with Crippen LogP contribution in [0.3, 0.4) is 0 Å². The van der Waals surface area contributed by atoms with Gasteiger partial charge in [-0.1, -0.05) is 30.3 Å². The molecule has 3 aromatic rings. The van der Waals surface area contributed by atoms with E-state index in [2.05, 4.69) is 68.7 Å². The summed E-state index contributed by atoms with van der Waals surface area (Å²) in [5.74, 6) is -1.34. The van der Waals surface area contributed by atoms with Gasteiger partial charge >= 0.3 is 5.97 Å². The minimum atomic E-state index is -1.16. The third kappa shape index (κ3) is 5.72. The number of thioether (sulfide) groups is 1. The van der Waals surface area contributed by atoms with Crippen molar-refractivity contribution in [2.45, 2.75) is 42.8 Å². The summed E-state index contributed by atoms with van der Waals surface area (Å²) >= 11 is 1.95. The number of carboxylic acid groups (broad SMARTS) is 1. The maximum absolute atomic E-state index is 12.3. The number of hydrogen-bond donors (Lipinski definition) is 3. The molecular formula is C28H30N4O4S. The van der Waals surface area contributed by atoms with E-state index in [4.69, 9.17) is 5.11 Å². The molecule has 5 rings (SSSR count). The van der Waals surface area contributed by atoms with E-state index >= 15 is 0 Å². The van der Waals surface area contributed by atoms with Crippen molar-refractivity contribution >= 4 is 29.3 Å². The summed E-state index contributed by atoms with van der Waals surface area (Å²) < 4.78 is 0. The molecule has 37 heavy (non-hydrogen) atoms. The number of benzene rings is 2. The average molecular weight is 519 g/mol. The van der Waals surface area contributed by atoms with Gasteiger partial charge in [0.2, 0.25) is 0 Å². The van der Waals surface area contributed by atoms with Gasteiger partial charge in [0.1, 0.15) is 12.4 Å². The number of carbonyl (C=O) groups excluding carboxylic acids is 1. The number of carbonyl (C=O) groups is 2. The van der Waals surface area contributed by atoms with Crippen molar-refractivity contribution in [3.05, 3.63) is 76.9 Å². The standard InChI is InChI=1S/C28H30N4O4S/c1-17-27(35)26(28(36)29-16-25(33)34)31-24(30-17)14-18-10-12-32(13-11-18)21-8-6-19(7-9-21)23-15-20-4-2-3-5-22(20)37-23/h2-9,18,23,35H,10-16H2,1H3,(H,29,36)(H,33,34). The van der Waals surface area contributed by atoms with Crippen LogP contribution >= 0.6 is 11.8 Å². The fourth-order valence-electron chi connectivity index (χ4n) is 5.04. The molecule has 0 saturated carbocycles. The molecule has 1 fully saturated rings. The Morgan fingerprint density at radius 1 is 1.08 bits per heavy atom. The second-order valence-electron chi connectivity index (χ2n) is 9.64. The van der Waals surface area contributed by atoms with Crippen LogP contribution in [-0.2, 0) is 17.6 Å². The third-order valence-corrected chi connectivity index (χ3v) is 8.46. The number of nitrogens with zero attached hydrogens (tertiary/aromatic N) is 3. The number of piperidine rings is 1. The van der Waals surface area contributed by atoms with Gasteiger partial charge in [-0.05, 0) is 61.4 Å². The van der Waals surface area contributed by atoms with Crippen LogP contribution in [0.2, 0.25) is 0 Å². The summed E-state index contributed by atoms with van der Waals surface area (Å²) in [7, 11) is 0. The van der Waals surface area contributed by atoms with Crippen LogP contribution in [0.5, 0.6) is 5.75 Å².